The Morgan fingerprint density at radius 2 is 1.74 bits per heavy atom. The third-order valence-electron chi connectivity index (χ3n) is 9.77. The lowest BCUT2D eigenvalue weighted by Gasteiger charge is -2.50. The number of nitrogens with one attached hydrogen (secondary N) is 2. The summed E-state index contributed by atoms with van der Waals surface area (Å²) in [6.07, 6.45) is 2.69. The Bertz CT molecular complexity index is 2090. The number of rotatable bonds is 6. The predicted molar refractivity (Wildman–Crippen MR) is 176 cm³/mol. The topological polar surface area (TPSA) is 137 Å². The Kier molecular flexibility index (Phi) is 7.27. The van der Waals surface area contributed by atoms with Crippen LogP contribution in [-0.2, 0) is 18.9 Å². The summed E-state index contributed by atoms with van der Waals surface area (Å²) in [5.41, 5.74) is 5.35. The quantitative estimate of drug-likeness (QED) is 0.330. The molecule has 0 aliphatic carbocycles. The monoisotopic (exact) mass is 636 g/mol. The molecule has 3 aliphatic heterocycles. The van der Waals surface area contributed by atoms with Crippen molar-refractivity contribution < 1.29 is 19.1 Å². The van der Waals surface area contributed by atoms with Gasteiger partial charge in [-0.3, -0.25) is 23.9 Å². The first-order valence-corrected chi connectivity index (χ1v) is 15.5. The van der Waals surface area contributed by atoms with E-state index in [1.54, 1.807) is 13.2 Å². The number of ether oxygens (including phenoxy) is 2. The average molecular weight is 637 g/mol. The van der Waals surface area contributed by atoms with Crippen LogP contribution in [0.1, 0.15) is 45.9 Å². The molecule has 0 radical (unpaired) electrons. The number of aromatic nitrogens is 3. The van der Waals surface area contributed by atoms with Gasteiger partial charge in [0.1, 0.15) is 17.9 Å². The Labute approximate surface area is 271 Å². The van der Waals surface area contributed by atoms with Crippen molar-refractivity contribution in [2.45, 2.75) is 38.3 Å². The molecule has 1 atom stereocenters. The van der Waals surface area contributed by atoms with Crippen molar-refractivity contribution in [3.63, 3.8) is 0 Å². The zero-order valence-electron chi connectivity index (χ0n) is 27.0. The zero-order chi connectivity index (χ0) is 33.2. The number of likely N-dealkylation sites (tertiary alicyclic amines) is 1. The Morgan fingerprint density at radius 3 is 2.45 bits per heavy atom. The molecule has 0 bridgehead atoms. The van der Waals surface area contributed by atoms with Crippen LogP contribution < -0.4 is 31.4 Å². The number of carbonyl (C=O) groups excluding carboxylic acids is 2. The molecule has 7 rings (SSSR count). The molecule has 2 aromatic carbocycles. The van der Waals surface area contributed by atoms with E-state index in [-0.39, 0.29) is 23.1 Å². The molecule has 4 aromatic rings. The van der Waals surface area contributed by atoms with Crippen molar-refractivity contribution in [2.24, 2.45) is 14.1 Å². The van der Waals surface area contributed by atoms with Crippen LogP contribution in [0.3, 0.4) is 0 Å². The SMILES string of the molecule is COc1nc(-c2cccc(-c3cccc(NC(=O)c4cn(C)c(=O)n(C)c4=O)c3C)c2C)cc2c1C(N1CC3(CCC(=O)N3)C1)CO2. The fourth-order valence-electron chi connectivity index (χ4n) is 7.15. The molecular weight excluding hydrogens is 600 g/mol. The molecule has 0 saturated carbocycles. The predicted octanol–water partition coefficient (Wildman–Crippen LogP) is 3.09. The highest BCUT2D eigenvalue weighted by atomic mass is 16.5. The minimum atomic E-state index is -0.661. The van der Waals surface area contributed by atoms with E-state index in [0.717, 1.165) is 68.9 Å². The lowest BCUT2D eigenvalue weighted by molar-refractivity contribution is -0.121. The van der Waals surface area contributed by atoms with Gasteiger partial charge in [-0.15, -0.1) is 0 Å². The first-order valence-electron chi connectivity index (χ1n) is 15.5. The van der Waals surface area contributed by atoms with Crippen LogP contribution in [0.4, 0.5) is 5.69 Å². The van der Waals surface area contributed by atoms with Crippen LogP contribution in [0.25, 0.3) is 22.4 Å². The molecule has 1 unspecified atom stereocenters. The summed E-state index contributed by atoms with van der Waals surface area (Å²) in [6, 6.07) is 13.6. The van der Waals surface area contributed by atoms with Crippen molar-refractivity contribution in [2.75, 3.05) is 32.1 Å². The number of benzene rings is 2. The highest BCUT2D eigenvalue weighted by Crippen LogP contribution is 2.47. The van der Waals surface area contributed by atoms with Crippen LogP contribution in [0.15, 0.2) is 58.3 Å². The number of hydrogen-bond acceptors (Lipinski definition) is 8. The van der Waals surface area contributed by atoms with Crippen LogP contribution in [-0.4, -0.2) is 63.2 Å². The fourth-order valence-corrected chi connectivity index (χ4v) is 7.15. The molecule has 2 amide bonds. The molecule has 12 heteroatoms. The van der Waals surface area contributed by atoms with Gasteiger partial charge in [0.15, 0.2) is 0 Å². The standard InChI is InChI=1S/C35H36N6O6/c1-19-21(22-9-7-11-25(20(22)2)36-31(43)24-15-39(3)34(45)40(4)33(24)44)8-6-10-23(19)26-14-28-30(32(37-26)46-5)27(16-47-28)41-17-35(18-41)13-12-29(42)38-35/h6-11,14-15,27H,12-13,16-18H2,1-5H3,(H,36,43)(H,38,42). The first-order chi connectivity index (χ1) is 22.5. The van der Waals surface area contributed by atoms with E-state index < -0.39 is 17.2 Å². The summed E-state index contributed by atoms with van der Waals surface area (Å²) in [5, 5.41) is 6.01. The summed E-state index contributed by atoms with van der Waals surface area (Å²) in [5.74, 6) is 0.783. The van der Waals surface area contributed by atoms with E-state index in [0.29, 0.717) is 24.6 Å². The molecule has 3 aliphatic rings. The third-order valence-corrected chi connectivity index (χ3v) is 9.77. The third kappa shape index (κ3) is 4.99. The van der Waals surface area contributed by atoms with Gasteiger partial charge in [0.2, 0.25) is 11.8 Å². The van der Waals surface area contributed by atoms with Crippen LogP contribution in [0, 0.1) is 13.8 Å². The van der Waals surface area contributed by atoms with Crippen molar-refractivity contribution >= 4 is 17.5 Å². The van der Waals surface area contributed by atoms with E-state index >= 15 is 0 Å². The molecule has 47 heavy (non-hydrogen) atoms. The number of fused-ring (bicyclic) bond motifs is 1. The zero-order valence-corrected chi connectivity index (χ0v) is 27.0. The largest absolute Gasteiger partial charge is 0.491 e. The summed E-state index contributed by atoms with van der Waals surface area (Å²) >= 11 is 0. The van der Waals surface area contributed by atoms with Gasteiger partial charge >= 0.3 is 5.69 Å². The van der Waals surface area contributed by atoms with Gasteiger partial charge in [-0.05, 0) is 48.6 Å². The van der Waals surface area contributed by atoms with Gasteiger partial charge in [-0.25, -0.2) is 9.78 Å². The van der Waals surface area contributed by atoms with E-state index in [1.807, 2.05) is 50.2 Å². The van der Waals surface area contributed by atoms with Crippen molar-refractivity contribution in [3.8, 4) is 34.0 Å². The first kappa shape index (κ1) is 30.4. The van der Waals surface area contributed by atoms with E-state index in [9.17, 15) is 19.2 Å². The Balaban J connectivity index is 1.18. The number of methoxy groups -OCH3 is 1. The number of carbonyl (C=O) groups is 2. The van der Waals surface area contributed by atoms with Gasteiger partial charge in [-0.2, -0.15) is 0 Å². The maximum absolute atomic E-state index is 13.2. The second-order valence-corrected chi connectivity index (χ2v) is 12.7. The van der Waals surface area contributed by atoms with E-state index in [1.165, 1.54) is 24.9 Å². The molecule has 5 heterocycles. The summed E-state index contributed by atoms with van der Waals surface area (Å²) in [6.45, 7) is 5.99. The van der Waals surface area contributed by atoms with Crippen LogP contribution in [0.2, 0.25) is 0 Å². The minimum Gasteiger partial charge on any atom is -0.491 e. The molecule has 2 saturated heterocycles. The molecular formula is C35H36N6O6. The van der Waals surface area contributed by atoms with Crippen molar-refractivity contribution in [1.29, 1.82) is 0 Å². The number of hydrogen-bond donors (Lipinski definition) is 2. The van der Waals surface area contributed by atoms with E-state index in [2.05, 4.69) is 15.5 Å². The lowest BCUT2D eigenvalue weighted by Crippen LogP contribution is -2.67. The molecule has 2 aromatic heterocycles. The van der Waals surface area contributed by atoms with Crippen molar-refractivity contribution in [3.05, 3.63) is 91.8 Å². The van der Waals surface area contributed by atoms with Crippen LogP contribution in [0.5, 0.6) is 11.6 Å². The molecule has 1 spiro atoms. The molecule has 12 nitrogen and oxygen atoms in total. The smallest absolute Gasteiger partial charge is 0.330 e. The second-order valence-electron chi connectivity index (χ2n) is 12.7. The molecule has 2 fully saturated rings. The number of pyridine rings is 1. The Morgan fingerprint density at radius 1 is 1.04 bits per heavy atom. The molecule has 2 N–H and O–H groups in total. The van der Waals surface area contributed by atoms with Gasteiger partial charge < -0.3 is 24.7 Å². The van der Waals surface area contributed by atoms with Gasteiger partial charge in [-0.1, -0.05) is 30.3 Å². The second kappa shape index (κ2) is 11.2. The average Bonchev–Trinajstić information content (AvgIpc) is 3.65. The summed E-state index contributed by atoms with van der Waals surface area (Å²) in [4.78, 5) is 57.1. The van der Waals surface area contributed by atoms with Gasteiger partial charge in [0, 0.05) is 57.1 Å². The highest BCUT2D eigenvalue weighted by molar-refractivity contribution is 6.04. The number of anilines is 1. The van der Waals surface area contributed by atoms with Crippen molar-refractivity contribution in [1.82, 2.24) is 24.3 Å². The molecule has 242 valence electrons. The summed E-state index contributed by atoms with van der Waals surface area (Å²) < 4.78 is 14.2. The van der Waals surface area contributed by atoms with Gasteiger partial charge in [0.25, 0.3) is 11.5 Å². The normalized spacial score (nSPS) is 18.0. The number of nitrogens with zero attached hydrogens (tertiary/aromatic N) is 4. The maximum Gasteiger partial charge on any atom is 0.330 e. The fraction of sp³-hybridized carbons (Fsp3) is 0.343. The van der Waals surface area contributed by atoms with Crippen LogP contribution >= 0.6 is 0 Å². The maximum atomic E-state index is 13.2. The van der Waals surface area contributed by atoms with Gasteiger partial charge in [0.05, 0.1) is 29.9 Å². The lowest BCUT2D eigenvalue weighted by atomic mass is 9.86. The number of aryl methyl sites for hydroxylation is 1. The minimum absolute atomic E-state index is 0.00129. The Hall–Kier alpha value is -5.23. The highest BCUT2D eigenvalue weighted by Gasteiger charge is 2.51. The van der Waals surface area contributed by atoms with E-state index in [4.69, 9.17) is 14.5 Å². The number of amides is 2. The summed E-state index contributed by atoms with van der Waals surface area (Å²) in [7, 11) is 4.46.